The van der Waals surface area contributed by atoms with Crippen molar-refractivity contribution in [1.82, 2.24) is 0 Å². The lowest BCUT2D eigenvalue weighted by Crippen LogP contribution is -2.30. The van der Waals surface area contributed by atoms with Gasteiger partial charge >= 0.3 is 5.97 Å². The Hall–Kier alpha value is -3.02. The molecule has 1 amide bonds. The molecule has 0 heterocycles. The van der Waals surface area contributed by atoms with E-state index in [1.165, 1.54) is 0 Å². The lowest BCUT2D eigenvalue weighted by molar-refractivity contribution is -0.122. The van der Waals surface area contributed by atoms with Crippen molar-refractivity contribution >= 4 is 17.6 Å². The molecule has 0 aliphatic rings. The molecule has 2 aromatic carbocycles. The number of rotatable bonds is 7. The Bertz CT molecular complexity index is 788. The minimum atomic E-state index is -0.726. The Morgan fingerprint density at radius 3 is 2.42 bits per heavy atom. The van der Waals surface area contributed by atoms with E-state index in [9.17, 15) is 9.59 Å². The first-order valence-corrected chi connectivity index (χ1v) is 8.34. The van der Waals surface area contributed by atoms with Gasteiger partial charge in [-0.15, -0.1) is 0 Å². The number of aryl methyl sites for hydroxylation is 1. The summed E-state index contributed by atoms with van der Waals surface area (Å²) in [6, 6.07) is 12.1. The van der Waals surface area contributed by atoms with E-state index in [4.69, 9.17) is 14.2 Å². The van der Waals surface area contributed by atoms with Crippen molar-refractivity contribution in [3.63, 3.8) is 0 Å². The fourth-order valence-corrected chi connectivity index (χ4v) is 2.34. The number of hydrogen-bond acceptors (Lipinski definition) is 5. The SMILES string of the molecule is CCOC(=O)c1ccc(NC(=O)C(C)Oc2ccccc2OC)c(C)c1. The van der Waals surface area contributed by atoms with Gasteiger partial charge in [0, 0.05) is 5.69 Å². The van der Waals surface area contributed by atoms with Crippen LogP contribution < -0.4 is 14.8 Å². The molecule has 2 aromatic rings. The zero-order chi connectivity index (χ0) is 19.1. The van der Waals surface area contributed by atoms with Gasteiger partial charge in [0.05, 0.1) is 19.3 Å². The monoisotopic (exact) mass is 357 g/mol. The standard InChI is InChI=1S/C20H23NO5/c1-5-25-20(23)15-10-11-16(13(2)12-15)21-19(22)14(3)26-18-9-7-6-8-17(18)24-4/h6-12,14H,5H2,1-4H3,(H,21,22). The van der Waals surface area contributed by atoms with Crippen molar-refractivity contribution in [3.05, 3.63) is 53.6 Å². The van der Waals surface area contributed by atoms with E-state index in [0.29, 0.717) is 29.4 Å². The summed E-state index contributed by atoms with van der Waals surface area (Å²) >= 11 is 0. The molecule has 1 unspecified atom stereocenters. The van der Waals surface area contributed by atoms with E-state index in [1.54, 1.807) is 57.4 Å². The third kappa shape index (κ3) is 4.75. The molecular formula is C20H23NO5. The van der Waals surface area contributed by atoms with E-state index in [1.807, 2.05) is 13.0 Å². The van der Waals surface area contributed by atoms with Crippen LogP contribution in [0.3, 0.4) is 0 Å². The number of hydrogen-bond donors (Lipinski definition) is 1. The second-order valence-corrected chi connectivity index (χ2v) is 5.65. The minimum Gasteiger partial charge on any atom is -0.493 e. The second kappa shape index (κ2) is 8.89. The summed E-state index contributed by atoms with van der Waals surface area (Å²) in [6.07, 6.45) is -0.726. The predicted octanol–water partition coefficient (Wildman–Crippen LogP) is 3.59. The van der Waals surface area contributed by atoms with Crippen LogP contribution in [0, 0.1) is 6.92 Å². The normalized spacial score (nSPS) is 11.4. The molecule has 6 nitrogen and oxygen atoms in total. The van der Waals surface area contributed by atoms with Crippen LogP contribution in [-0.4, -0.2) is 31.7 Å². The molecule has 0 aromatic heterocycles. The molecular weight excluding hydrogens is 334 g/mol. The largest absolute Gasteiger partial charge is 0.493 e. The summed E-state index contributed by atoms with van der Waals surface area (Å²) in [5, 5.41) is 2.81. The first kappa shape index (κ1) is 19.3. The number of ether oxygens (including phenoxy) is 3. The highest BCUT2D eigenvalue weighted by Crippen LogP contribution is 2.27. The molecule has 0 aliphatic heterocycles. The van der Waals surface area contributed by atoms with Crippen LogP contribution in [0.2, 0.25) is 0 Å². The van der Waals surface area contributed by atoms with E-state index in [0.717, 1.165) is 5.56 Å². The van der Waals surface area contributed by atoms with Crippen LogP contribution >= 0.6 is 0 Å². The van der Waals surface area contributed by atoms with E-state index < -0.39 is 6.10 Å². The van der Waals surface area contributed by atoms with Crippen molar-refractivity contribution in [2.75, 3.05) is 19.0 Å². The van der Waals surface area contributed by atoms with Crippen molar-refractivity contribution in [2.45, 2.75) is 26.9 Å². The maximum absolute atomic E-state index is 12.4. The number of esters is 1. The number of para-hydroxylation sites is 2. The average molecular weight is 357 g/mol. The fraction of sp³-hybridized carbons (Fsp3) is 0.300. The highest BCUT2D eigenvalue weighted by molar-refractivity contribution is 5.96. The Labute approximate surface area is 153 Å². The molecule has 0 fully saturated rings. The van der Waals surface area contributed by atoms with Crippen LogP contribution in [-0.2, 0) is 9.53 Å². The molecule has 6 heteroatoms. The molecule has 1 atom stereocenters. The van der Waals surface area contributed by atoms with E-state index >= 15 is 0 Å². The van der Waals surface area contributed by atoms with Crippen LogP contribution in [0.4, 0.5) is 5.69 Å². The van der Waals surface area contributed by atoms with Crippen LogP contribution in [0.5, 0.6) is 11.5 Å². The molecule has 2 rings (SSSR count). The van der Waals surface area contributed by atoms with Gasteiger partial charge in [-0.1, -0.05) is 12.1 Å². The highest BCUT2D eigenvalue weighted by atomic mass is 16.5. The zero-order valence-corrected chi connectivity index (χ0v) is 15.4. The van der Waals surface area contributed by atoms with Gasteiger partial charge in [0.1, 0.15) is 0 Å². The third-order valence-electron chi connectivity index (χ3n) is 3.74. The molecule has 26 heavy (non-hydrogen) atoms. The minimum absolute atomic E-state index is 0.303. The number of carbonyl (C=O) groups excluding carboxylic acids is 2. The van der Waals surface area contributed by atoms with Crippen molar-refractivity contribution in [2.24, 2.45) is 0 Å². The van der Waals surface area contributed by atoms with Crippen LogP contribution in [0.1, 0.15) is 29.8 Å². The smallest absolute Gasteiger partial charge is 0.338 e. The van der Waals surface area contributed by atoms with Gasteiger partial charge in [-0.25, -0.2) is 4.79 Å². The van der Waals surface area contributed by atoms with Gasteiger partial charge in [0.15, 0.2) is 17.6 Å². The number of amides is 1. The zero-order valence-electron chi connectivity index (χ0n) is 15.4. The first-order chi connectivity index (χ1) is 12.5. The molecule has 0 spiro atoms. The molecule has 0 saturated heterocycles. The molecule has 0 radical (unpaired) electrons. The van der Waals surface area contributed by atoms with Gasteiger partial charge in [0.2, 0.25) is 0 Å². The number of benzene rings is 2. The molecule has 1 N–H and O–H groups in total. The van der Waals surface area contributed by atoms with Crippen LogP contribution in [0.25, 0.3) is 0 Å². The summed E-state index contributed by atoms with van der Waals surface area (Å²) < 4.78 is 15.9. The maximum atomic E-state index is 12.4. The molecule has 0 bridgehead atoms. The van der Waals surface area contributed by atoms with Crippen molar-refractivity contribution < 1.29 is 23.8 Å². The second-order valence-electron chi connectivity index (χ2n) is 5.65. The Morgan fingerprint density at radius 1 is 1.12 bits per heavy atom. The van der Waals surface area contributed by atoms with Crippen molar-refractivity contribution in [3.8, 4) is 11.5 Å². The Morgan fingerprint density at radius 2 is 1.81 bits per heavy atom. The van der Waals surface area contributed by atoms with Gasteiger partial charge < -0.3 is 19.5 Å². The van der Waals surface area contributed by atoms with Gasteiger partial charge in [-0.2, -0.15) is 0 Å². The molecule has 0 saturated carbocycles. The van der Waals surface area contributed by atoms with Gasteiger partial charge in [-0.3, -0.25) is 4.79 Å². The predicted molar refractivity (Wildman–Crippen MR) is 98.8 cm³/mol. The summed E-state index contributed by atoms with van der Waals surface area (Å²) in [4.78, 5) is 24.2. The summed E-state index contributed by atoms with van der Waals surface area (Å²) in [5.74, 6) is 0.360. The summed E-state index contributed by atoms with van der Waals surface area (Å²) in [7, 11) is 1.54. The number of methoxy groups -OCH3 is 1. The summed E-state index contributed by atoms with van der Waals surface area (Å²) in [6.45, 7) is 5.53. The quantitative estimate of drug-likeness (QED) is 0.767. The maximum Gasteiger partial charge on any atom is 0.338 e. The topological polar surface area (TPSA) is 73.9 Å². The summed E-state index contributed by atoms with van der Waals surface area (Å²) in [5.41, 5.74) is 1.81. The Kier molecular flexibility index (Phi) is 6.60. The Balaban J connectivity index is 2.05. The van der Waals surface area contributed by atoms with E-state index in [2.05, 4.69) is 5.32 Å². The van der Waals surface area contributed by atoms with Crippen molar-refractivity contribution in [1.29, 1.82) is 0 Å². The number of nitrogens with one attached hydrogen (secondary N) is 1. The van der Waals surface area contributed by atoms with Gasteiger partial charge in [0.25, 0.3) is 5.91 Å². The molecule has 138 valence electrons. The number of carbonyl (C=O) groups is 2. The number of anilines is 1. The van der Waals surface area contributed by atoms with Crippen LogP contribution in [0.15, 0.2) is 42.5 Å². The highest BCUT2D eigenvalue weighted by Gasteiger charge is 2.18. The fourth-order valence-electron chi connectivity index (χ4n) is 2.34. The average Bonchev–Trinajstić information content (AvgIpc) is 2.63. The lowest BCUT2D eigenvalue weighted by atomic mass is 10.1. The molecule has 0 aliphatic carbocycles. The van der Waals surface area contributed by atoms with E-state index in [-0.39, 0.29) is 11.9 Å². The van der Waals surface area contributed by atoms with Gasteiger partial charge in [-0.05, 0) is 56.7 Å². The third-order valence-corrected chi connectivity index (χ3v) is 3.74. The lowest BCUT2D eigenvalue weighted by Gasteiger charge is -2.17. The first-order valence-electron chi connectivity index (χ1n) is 8.34.